The zero-order valence-corrected chi connectivity index (χ0v) is 18.7. The summed E-state index contributed by atoms with van der Waals surface area (Å²) < 4.78 is 1.96. The quantitative estimate of drug-likeness (QED) is 0.355. The molecule has 0 saturated heterocycles. The number of nitrogens with one attached hydrogen (secondary N) is 1. The molecule has 3 heterocycles. The third-order valence-electron chi connectivity index (χ3n) is 5.43. The highest BCUT2D eigenvalue weighted by Crippen LogP contribution is 2.31. The van der Waals surface area contributed by atoms with Crippen LogP contribution in [0.3, 0.4) is 0 Å². The van der Waals surface area contributed by atoms with Gasteiger partial charge in [-0.2, -0.15) is 5.10 Å². The number of aromatic nitrogens is 6. The van der Waals surface area contributed by atoms with E-state index in [1.54, 1.807) is 12.4 Å². The molecule has 2 aromatic carbocycles. The first-order valence-electron chi connectivity index (χ1n) is 10.7. The van der Waals surface area contributed by atoms with Crippen LogP contribution >= 0.6 is 11.6 Å². The Bertz CT molecular complexity index is 1380. The second-order valence-corrected chi connectivity index (χ2v) is 8.51. The van der Waals surface area contributed by atoms with Crippen molar-refractivity contribution >= 4 is 22.6 Å². The molecule has 5 aromatic rings. The van der Waals surface area contributed by atoms with Gasteiger partial charge in [0, 0.05) is 41.6 Å². The number of fused-ring (bicyclic) bond motifs is 1. The fourth-order valence-corrected chi connectivity index (χ4v) is 3.97. The molecule has 0 aliphatic carbocycles. The Balaban J connectivity index is 1.54. The van der Waals surface area contributed by atoms with Crippen LogP contribution in [0.1, 0.15) is 31.3 Å². The van der Waals surface area contributed by atoms with Gasteiger partial charge < -0.3 is 4.98 Å². The summed E-state index contributed by atoms with van der Waals surface area (Å²) in [5.74, 6) is 0.910. The number of imidazole rings is 1. The summed E-state index contributed by atoms with van der Waals surface area (Å²) in [6.07, 6.45) is 7.02. The maximum atomic E-state index is 6.15. The van der Waals surface area contributed by atoms with Crippen molar-refractivity contribution in [3.8, 4) is 22.6 Å². The number of benzene rings is 2. The summed E-state index contributed by atoms with van der Waals surface area (Å²) in [6.45, 7) is 4.23. The van der Waals surface area contributed by atoms with E-state index < -0.39 is 0 Å². The summed E-state index contributed by atoms with van der Waals surface area (Å²) in [6, 6.07) is 16.3. The van der Waals surface area contributed by atoms with Crippen LogP contribution in [-0.4, -0.2) is 29.7 Å². The van der Waals surface area contributed by atoms with E-state index >= 15 is 0 Å². The summed E-state index contributed by atoms with van der Waals surface area (Å²) in [5, 5.41) is 5.52. The van der Waals surface area contributed by atoms with Crippen molar-refractivity contribution in [2.75, 3.05) is 0 Å². The molecule has 3 aromatic heterocycles. The maximum absolute atomic E-state index is 6.15. The number of hydrogen-bond donors (Lipinski definition) is 1. The molecule has 0 fully saturated rings. The molecule has 160 valence electrons. The summed E-state index contributed by atoms with van der Waals surface area (Å²) in [7, 11) is 0. The molecule has 0 bridgehead atoms. The van der Waals surface area contributed by atoms with Crippen molar-refractivity contribution in [2.45, 2.75) is 32.7 Å². The van der Waals surface area contributed by atoms with Gasteiger partial charge in [0.15, 0.2) is 0 Å². The average Bonchev–Trinajstić information content (AvgIpc) is 3.45. The van der Waals surface area contributed by atoms with E-state index in [0.717, 1.165) is 57.4 Å². The van der Waals surface area contributed by atoms with Gasteiger partial charge in [-0.15, -0.1) is 0 Å². The fraction of sp³-hybridized carbons (Fsp3) is 0.200. The van der Waals surface area contributed by atoms with Gasteiger partial charge >= 0.3 is 0 Å². The van der Waals surface area contributed by atoms with Gasteiger partial charge in [0.05, 0.1) is 22.4 Å². The Kier molecular flexibility index (Phi) is 5.45. The Morgan fingerprint density at radius 1 is 0.969 bits per heavy atom. The molecule has 32 heavy (non-hydrogen) atoms. The van der Waals surface area contributed by atoms with E-state index in [0.29, 0.717) is 0 Å². The lowest BCUT2D eigenvalue weighted by Crippen LogP contribution is -2.01. The van der Waals surface area contributed by atoms with E-state index in [1.807, 2.05) is 53.3 Å². The third kappa shape index (κ3) is 4.14. The number of hydrogen-bond acceptors (Lipinski definition) is 4. The number of nitrogens with zero attached hydrogens (tertiary/aromatic N) is 5. The molecular formula is C25H23ClN6. The molecule has 0 saturated carbocycles. The monoisotopic (exact) mass is 442 g/mol. The predicted octanol–water partition coefficient (Wildman–Crippen LogP) is 5.90. The molecule has 0 aliphatic rings. The largest absolute Gasteiger partial charge is 0.340 e. The first kappa shape index (κ1) is 20.4. The van der Waals surface area contributed by atoms with Crippen LogP contribution in [0.5, 0.6) is 0 Å². The highest BCUT2D eigenvalue weighted by Gasteiger charge is 2.17. The van der Waals surface area contributed by atoms with Crippen molar-refractivity contribution in [1.82, 2.24) is 29.7 Å². The van der Waals surface area contributed by atoms with Gasteiger partial charge in [-0.3, -0.25) is 14.6 Å². The SMILES string of the molecule is CC(C)n1ccc(-c2[nH]c(CCc3cccc(Cl)c3)nc2-c2ccc3nccnc3c2)n1. The van der Waals surface area contributed by atoms with Gasteiger partial charge in [0.2, 0.25) is 0 Å². The second kappa shape index (κ2) is 8.55. The number of H-pyrrole nitrogens is 1. The molecule has 5 rings (SSSR count). The summed E-state index contributed by atoms with van der Waals surface area (Å²) in [5.41, 5.74) is 6.51. The summed E-state index contributed by atoms with van der Waals surface area (Å²) >= 11 is 6.15. The van der Waals surface area contributed by atoms with Crippen molar-refractivity contribution in [1.29, 1.82) is 0 Å². The van der Waals surface area contributed by atoms with Crippen molar-refractivity contribution in [2.24, 2.45) is 0 Å². The number of aromatic amines is 1. The Labute approximate surface area is 191 Å². The van der Waals surface area contributed by atoms with Crippen LogP contribution < -0.4 is 0 Å². The molecule has 0 radical (unpaired) electrons. The van der Waals surface area contributed by atoms with E-state index in [9.17, 15) is 0 Å². The van der Waals surface area contributed by atoms with Gasteiger partial charge in [-0.05, 0) is 56.2 Å². The first-order chi connectivity index (χ1) is 15.6. The average molecular weight is 443 g/mol. The molecule has 6 nitrogen and oxygen atoms in total. The molecule has 0 aliphatic heterocycles. The third-order valence-corrected chi connectivity index (χ3v) is 5.66. The lowest BCUT2D eigenvalue weighted by atomic mass is 10.1. The lowest BCUT2D eigenvalue weighted by Gasteiger charge is -2.04. The Morgan fingerprint density at radius 3 is 2.59 bits per heavy atom. The molecule has 7 heteroatoms. The number of rotatable bonds is 6. The highest BCUT2D eigenvalue weighted by atomic mass is 35.5. The molecule has 0 spiro atoms. The maximum Gasteiger partial charge on any atom is 0.111 e. The van der Waals surface area contributed by atoms with Crippen LogP contribution in [0, 0.1) is 0 Å². The van der Waals surface area contributed by atoms with Gasteiger partial charge in [0.25, 0.3) is 0 Å². The van der Waals surface area contributed by atoms with E-state index in [-0.39, 0.29) is 6.04 Å². The number of aryl methyl sites for hydroxylation is 2. The van der Waals surface area contributed by atoms with Crippen LogP contribution in [0.4, 0.5) is 0 Å². The molecule has 0 amide bonds. The van der Waals surface area contributed by atoms with Crippen LogP contribution in [0.15, 0.2) is 67.1 Å². The standard InChI is InChI=1S/C25H23ClN6/c1-16(2)32-13-10-21(31-32)25-24(18-7-8-20-22(15-18)28-12-11-27-20)29-23(30-25)9-6-17-4-3-5-19(26)14-17/h3-5,7-8,10-16H,6,9H2,1-2H3,(H,29,30). The minimum atomic E-state index is 0.286. The molecule has 0 atom stereocenters. The zero-order chi connectivity index (χ0) is 22.1. The molecule has 0 unspecified atom stereocenters. The van der Waals surface area contributed by atoms with Crippen LogP contribution in [0.25, 0.3) is 33.7 Å². The lowest BCUT2D eigenvalue weighted by molar-refractivity contribution is 0.534. The minimum absolute atomic E-state index is 0.286. The molecule has 1 N–H and O–H groups in total. The minimum Gasteiger partial charge on any atom is -0.340 e. The van der Waals surface area contributed by atoms with E-state index in [4.69, 9.17) is 21.7 Å². The van der Waals surface area contributed by atoms with Crippen LogP contribution in [-0.2, 0) is 12.8 Å². The number of halogens is 1. The van der Waals surface area contributed by atoms with Crippen molar-refractivity contribution < 1.29 is 0 Å². The van der Waals surface area contributed by atoms with Gasteiger partial charge in [0.1, 0.15) is 11.5 Å². The van der Waals surface area contributed by atoms with Crippen molar-refractivity contribution in [3.05, 3.63) is 83.5 Å². The van der Waals surface area contributed by atoms with E-state index in [1.165, 1.54) is 5.56 Å². The van der Waals surface area contributed by atoms with Crippen molar-refractivity contribution in [3.63, 3.8) is 0 Å². The summed E-state index contributed by atoms with van der Waals surface area (Å²) in [4.78, 5) is 17.3. The Morgan fingerprint density at radius 2 is 1.81 bits per heavy atom. The normalized spacial score (nSPS) is 11.5. The van der Waals surface area contributed by atoms with Crippen LogP contribution in [0.2, 0.25) is 5.02 Å². The fourth-order valence-electron chi connectivity index (χ4n) is 3.76. The zero-order valence-electron chi connectivity index (χ0n) is 18.0. The van der Waals surface area contributed by atoms with Gasteiger partial charge in [-0.25, -0.2) is 4.98 Å². The Hall–Kier alpha value is -3.51. The molecular weight excluding hydrogens is 420 g/mol. The smallest absolute Gasteiger partial charge is 0.111 e. The first-order valence-corrected chi connectivity index (χ1v) is 11.0. The highest BCUT2D eigenvalue weighted by molar-refractivity contribution is 6.30. The topological polar surface area (TPSA) is 72.3 Å². The predicted molar refractivity (Wildman–Crippen MR) is 128 cm³/mol. The second-order valence-electron chi connectivity index (χ2n) is 8.07. The van der Waals surface area contributed by atoms with Gasteiger partial charge in [-0.1, -0.05) is 29.8 Å². The van der Waals surface area contributed by atoms with E-state index in [2.05, 4.69) is 34.9 Å².